The van der Waals surface area contributed by atoms with Gasteiger partial charge in [-0.05, 0) is 49.2 Å². The Labute approximate surface area is 130 Å². The van der Waals surface area contributed by atoms with E-state index < -0.39 is 0 Å². The van der Waals surface area contributed by atoms with Gasteiger partial charge in [0, 0.05) is 6.92 Å². The van der Waals surface area contributed by atoms with E-state index in [0.29, 0.717) is 22.8 Å². The molecule has 1 N–H and O–H groups in total. The number of nitrogens with zero attached hydrogens (tertiary/aromatic N) is 2. The Morgan fingerprint density at radius 2 is 1.59 bits per heavy atom. The van der Waals surface area contributed by atoms with Crippen molar-refractivity contribution in [1.29, 1.82) is 0 Å². The second kappa shape index (κ2) is 6.85. The molecule has 0 saturated carbocycles. The predicted molar refractivity (Wildman–Crippen MR) is 87.4 cm³/mol. The number of hydrogen-bond donors (Lipinski definition) is 1. The third kappa shape index (κ3) is 3.91. The summed E-state index contributed by atoms with van der Waals surface area (Å²) in [7, 11) is 1.60. The summed E-state index contributed by atoms with van der Waals surface area (Å²) in [6.07, 6.45) is 0. The number of azo groups is 1. The molecule has 0 spiro atoms. The number of amides is 1. The molecule has 2 rings (SSSR count). The highest BCUT2D eigenvalue weighted by Crippen LogP contribution is 2.32. The minimum absolute atomic E-state index is 0.144. The Morgan fingerprint density at radius 3 is 2.23 bits per heavy atom. The summed E-state index contributed by atoms with van der Waals surface area (Å²) in [6, 6.07) is 11.3. The average molecular weight is 297 g/mol. The molecular formula is C17H19N3O2. The van der Waals surface area contributed by atoms with Crippen molar-refractivity contribution in [2.24, 2.45) is 10.2 Å². The quantitative estimate of drug-likeness (QED) is 0.832. The van der Waals surface area contributed by atoms with Gasteiger partial charge in [-0.25, -0.2) is 0 Å². The zero-order valence-corrected chi connectivity index (χ0v) is 13.2. The highest BCUT2D eigenvalue weighted by atomic mass is 16.5. The number of carbonyl (C=O) groups is 1. The molecule has 1 amide bonds. The van der Waals surface area contributed by atoms with Gasteiger partial charge in [-0.1, -0.05) is 12.1 Å². The third-order valence-electron chi connectivity index (χ3n) is 3.06. The van der Waals surface area contributed by atoms with E-state index in [1.54, 1.807) is 7.11 Å². The van der Waals surface area contributed by atoms with Gasteiger partial charge in [0.15, 0.2) is 0 Å². The van der Waals surface area contributed by atoms with Crippen molar-refractivity contribution in [3.05, 3.63) is 47.5 Å². The average Bonchev–Trinajstić information content (AvgIpc) is 2.46. The summed E-state index contributed by atoms with van der Waals surface area (Å²) in [6.45, 7) is 5.40. The molecule has 0 heterocycles. The summed E-state index contributed by atoms with van der Waals surface area (Å²) < 4.78 is 5.31. The molecule has 0 aliphatic rings. The van der Waals surface area contributed by atoms with Crippen molar-refractivity contribution in [3.63, 3.8) is 0 Å². The van der Waals surface area contributed by atoms with Crippen molar-refractivity contribution < 1.29 is 9.53 Å². The fraction of sp³-hybridized carbons (Fsp3) is 0.235. The molecule has 0 radical (unpaired) electrons. The van der Waals surface area contributed by atoms with Gasteiger partial charge in [0.05, 0.1) is 12.8 Å². The number of aryl methyl sites for hydroxylation is 2. The van der Waals surface area contributed by atoms with Crippen LogP contribution in [0.2, 0.25) is 0 Å². The van der Waals surface area contributed by atoms with Crippen LogP contribution in [-0.2, 0) is 4.79 Å². The van der Waals surface area contributed by atoms with E-state index in [4.69, 9.17) is 4.74 Å². The van der Waals surface area contributed by atoms with E-state index in [2.05, 4.69) is 15.5 Å². The van der Waals surface area contributed by atoms with Crippen molar-refractivity contribution in [1.82, 2.24) is 0 Å². The Hall–Kier alpha value is -2.69. The van der Waals surface area contributed by atoms with Crippen LogP contribution < -0.4 is 10.1 Å². The molecule has 0 fully saturated rings. The predicted octanol–water partition coefficient (Wildman–Crippen LogP) is 4.69. The number of benzene rings is 2. The molecule has 0 unspecified atom stereocenters. The van der Waals surface area contributed by atoms with Crippen LogP contribution in [0.15, 0.2) is 46.6 Å². The van der Waals surface area contributed by atoms with Crippen LogP contribution in [0, 0.1) is 13.8 Å². The van der Waals surface area contributed by atoms with E-state index >= 15 is 0 Å². The number of carbonyl (C=O) groups excluding carboxylic acids is 1. The van der Waals surface area contributed by atoms with Crippen LogP contribution in [0.3, 0.4) is 0 Å². The second-order valence-electron chi connectivity index (χ2n) is 5.08. The van der Waals surface area contributed by atoms with Crippen LogP contribution in [0.5, 0.6) is 5.75 Å². The molecule has 5 nitrogen and oxygen atoms in total. The van der Waals surface area contributed by atoms with E-state index in [9.17, 15) is 4.79 Å². The molecule has 0 atom stereocenters. The molecule has 22 heavy (non-hydrogen) atoms. The van der Waals surface area contributed by atoms with Crippen LogP contribution in [0.4, 0.5) is 17.1 Å². The second-order valence-corrected chi connectivity index (χ2v) is 5.08. The molecular weight excluding hydrogens is 278 g/mol. The first-order chi connectivity index (χ1) is 10.5. The number of rotatable bonds is 4. The lowest BCUT2D eigenvalue weighted by atomic mass is 10.2. The molecule has 114 valence electrons. The molecule has 0 aromatic heterocycles. The summed E-state index contributed by atoms with van der Waals surface area (Å²) in [4.78, 5) is 11.3. The van der Waals surface area contributed by atoms with Crippen molar-refractivity contribution in [2.75, 3.05) is 12.4 Å². The van der Waals surface area contributed by atoms with Gasteiger partial charge >= 0.3 is 0 Å². The minimum Gasteiger partial charge on any atom is -0.494 e. The molecule has 2 aromatic carbocycles. The number of methoxy groups -OCH3 is 1. The summed E-state index contributed by atoms with van der Waals surface area (Å²) in [5.41, 5.74) is 4.01. The third-order valence-corrected chi connectivity index (χ3v) is 3.06. The Morgan fingerprint density at radius 1 is 1.00 bits per heavy atom. The molecule has 2 aromatic rings. The van der Waals surface area contributed by atoms with E-state index in [1.165, 1.54) is 6.92 Å². The van der Waals surface area contributed by atoms with Gasteiger partial charge in [-0.15, -0.1) is 10.2 Å². The number of ether oxygens (including phenoxy) is 1. The van der Waals surface area contributed by atoms with Crippen LogP contribution in [-0.4, -0.2) is 13.0 Å². The molecule has 0 aliphatic heterocycles. The zero-order valence-electron chi connectivity index (χ0n) is 13.2. The van der Waals surface area contributed by atoms with Crippen LogP contribution in [0.1, 0.15) is 18.1 Å². The number of anilines is 1. The topological polar surface area (TPSA) is 63.1 Å². The zero-order chi connectivity index (χ0) is 16.1. The van der Waals surface area contributed by atoms with Gasteiger partial charge in [0.25, 0.3) is 0 Å². The van der Waals surface area contributed by atoms with Crippen molar-refractivity contribution >= 4 is 23.0 Å². The smallest absolute Gasteiger partial charge is 0.221 e. The van der Waals surface area contributed by atoms with E-state index in [-0.39, 0.29) is 5.91 Å². The van der Waals surface area contributed by atoms with Crippen molar-refractivity contribution in [3.8, 4) is 5.75 Å². The highest BCUT2D eigenvalue weighted by molar-refractivity contribution is 5.92. The molecule has 0 saturated heterocycles. The maximum Gasteiger partial charge on any atom is 0.221 e. The minimum atomic E-state index is -0.144. The van der Waals surface area contributed by atoms with E-state index in [0.717, 1.165) is 11.1 Å². The Balaban J connectivity index is 2.36. The lowest BCUT2D eigenvalue weighted by Crippen LogP contribution is -2.05. The maximum atomic E-state index is 11.3. The van der Waals surface area contributed by atoms with Gasteiger partial charge in [0.1, 0.15) is 17.1 Å². The van der Waals surface area contributed by atoms with Crippen molar-refractivity contribution in [2.45, 2.75) is 20.8 Å². The standard InChI is InChI=1S/C17H19N3O2/c1-11-5-7-14(16(9-11)18-13(3)21)19-20-15-8-6-12(2)10-17(15)22-4/h5-10H,1-4H3,(H,18,21). The van der Waals surface area contributed by atoms with Gasteiger partial charge in [-0.2, -0.15) is 0 Å². The van der Waals surface area contributed by atoms with Crippen LogP contribution >= 0.6 is 0 Å². The van der Waals surface area contributed by atoms with Crippen LogP contribution in [0.25, 0.3) is 0 Å². The van der Waals surface area contributed by atoms with E-state index in [1.807, 2.05) is 50.2 Å². The number of nitrogens with one attached hydrogen (secondary N) is 1. The Kier molecular flexibility index (Phi) is 4.88. The van der Waals surface area contributed by atoms with Gasteiger partial charge in [-0.3, -0.25) is 4.79 Å². The lowest BCUT2D eigenvalue weighted by Gasteiger charge is -2.07. The first kappa shape index (κ1) is 15.7. The molecule has 5 heteroatoms. The normalized spacial score (nSPS) is 10.7. The fourth-order valence-corrected chi connectivity index (χ4v) is 2.00. The largest absolute Gasteiger partial charge is 0.494 e. The molecule has 0 bridgehead atoms. The summed E-state index contributed by atoms with van der Waals surface area (Å²) >= 11 is 0. The lowest BCUT2D eigenvalue weighted by molar-refractivity contribution is -0.114. The first-order valence-corrected chi connectivity index (χ1v) is 6.94. The summed E-state index contributed by atoms with van der Waals surface area (Å²) in [5, 5.41) is 11.2. The summed E-state index contributed by atoms with van der Waals surface area (Å²) in [5.74, 6) is 0.520. The molecule has 0 aliphatic carbocycles. The maximum absolute atomic E-state index is 11.3. The monoisotopic (exact) mass is 297 g/mol. The highest BCUT2D eigenvalue weighted by Gasteiger charge is 2.05. The van der Waals surface area contributed by atoms with Gasteiger partial charge in [0.2, 0.25) is 5.91 Å². The SMILES string of the molecule is COc1cc(C)ccc1N=Nc1ccc(C)cc1NC(C)=O. The first-order valence-electron chi connectivity index (χ1n) is 6.94. The van der Waals surface area contributed by atoms with Gasteiger partial charge < -0.3 is 10.1 Å². The fourth-order valence-electron chi connectivity index (χ4n) is 2.00. The Bertz CT molecular complexity index is 724. The number of hydrogen-bond acceptors (Lipinski definition) is 4.